The van der Waals surface area contributed by atoms with Crippen molar-refractivity contribution < 1.29 is 0 Å². The van der Waals surface area contributed by atoms with Crippen molar-refractivity contribution in [3.05, 3.63) is 180 Å². The average Bonchev–Trinajstić information content (AvgIpc) is 3.54. The van der Waals surface area contributed by atoms with E-state index in [0.29, 0.717) is 0 Å². The summed E-state index contributed by atoms with van der Waals surface area (Å²) in [5.74, 6) is 0. The number of hydrogen-bond acceptors (Lipinski definition) is 0. The van der Waals surface area contributed by atoms with Crippen LogP contribution in [0.3, 0.4) is 0 Å². The molecule has 0 bridgehead atoms. The number of fused-ring (bicyclic) bond motifs is 11. The van der Waals surface area contributed by atoms with E-state index in [1.807, 2.05) is 0 Å². The van der Waals surface area contributed by atoms with Crippen molar-refractivity contribution in [1.29, 1.82) is 0 Å². The predicted octanol–water partition coefficient (Wildman–Crippen LogP) is 16.6. The average molecular weight is 735 g/mol. The number of aryl methyl sites for hydroxylation is 4. The van der Waals surface area contributed by atoms with Gasteiger partial charge >= 0.3 is 0 Å². The molecule has 12 aromatic carbocycles. The summed E-state index contributed by atoms with van der Waals surface area (Å²) in [6, 6.07) is 60.9. The second-order valence-electron chi connectivity index (χ2n) is 17.1. The summed E-state index contributed by atoms with van der Waals surface area (Å²) >= 11 is 0. The summed E-state index contributed by atoms with van der Waals surface area (Å²) < 4.78 is 0. The molecule has 0 fully saturated rings. The molecule has 0 spiro atoms. The Kier molecular flexibility index (Phi) is 6.26. The first-order valence-corrected chi connectivity index (χ1v) is 20.6. The molecule has 0 amide bonds. The first kappa shape index (κ1) is 32.1. The van der Waals surface area contributed by atoms with Gasteiger partial charge in [-0.1, -0.05) is 150 Å². The van der Waals surface area contributed by atoms with E-state index in [9.17, 15) is 0 Å². The molecule has 0 heterocycles. The zero-order valence-electron chi connectivity index (χ0n) is 33.0. The highest BCUT2D eigenvalue weighted by atomic mass is 14.3. The molecule has 13 rings (SSSR count). The Morgan fingerprint density at radius 2 is 0.690 bits per heavy atom. The van der Waals surface area contributed by atoms with Gasteiger partial charge in [0.1, 0.15) is 0 Å². The van der Waals surface area contributed by atoms with E-state index in [1.54, 1.807) is 0 Å². The van der Waals surface area contributed by atoms with Crippen LogP contribution in [0.15, 0.2) is 158 Å². The van der Waals surface area contributed by atoms with Crippen LogP contribution < -0.4 is 0 Å². The molecule has 0 aliphatic heterocycles. The minimum absolute atomic E-state index is 1.27. The van der Waals surface area contributed by atoms with Gasteiger partial charge in [-0.3, -0.25) is 0 Å². The third kappa shape index (κ3) is 4.24. The largest absolute Gasteiger partial charge is 0.0616 e. The van der Waals surface area contributed by atoms with Gasteiger partial charge in [-0.15, -0.1) is 0 Å². The lowest BCUT2D eigenvalue weighted by atomic mass is 9.80. The lowest BCUT2D eigenvalue weighted by Crippen LogP contribution is -1.96. The van der Waals surface area contributed by atoms with Crippen molar-refractivity contribution >= 4 is 86.2 Å². The highest BCUT2D eigenvalue weighted by molar-refractivity contribution is 6.37. The normalized spacial score (nSPS) is 12.5. The maximum atomic E-state index is 2.57. The maximum absolute atomic E-state index is 2.57. The zero-order valence-corrected chi connectivity index (χ0v) is 33.0. The van der Waals surface area contributed by atoms with Crippen molar-refractivity contribution in [3.8, 4) is 44.5 Å². The fraction of sp³-hybridized carbons (Fsp3) is 0.0690. The van der Waals surface area contributed by atoms with Crippen LogP contribution in [0, 0.1) is 27.7 Å². The van der Waals surface area contributed by atoms with E-state index in [2.05, 4.69) is 185 Å². The van der Waals surface area contributed by atoms with Gasteiger partial charge in [0.05, 0.1) is 0 Å². The molecule has 1 aliphatic carbocycles. The Morgan fingerprint density at radius 3 is 1.29 bits per heavy atom. The third-order valence-corrected chi connectivity index (χ3v) is 13.3. The lowest BCUT2D eigenvalue weighted by molar-refractivity contribution is 1.38. The van der Waals surface area contributed by atoms with Crippen molar-refractivity contribution in [1.82, 2.24) is 0 Å². The van der Waals surface area contributed by atoms with Crippen LogP contribution in [0.1, 0.15) is 22.3 Å². The number of rotatable bonds is 2. The van der Waals surface area contributed by atoms with Crippen LogP contribution in [0.2, 0.25) is 0 Å². The van der Waals surface area contributed by atoms with Crippen LogP contribution >= 0.6 is 0 Å². The summed E-state index contributed by atoms with van der Waals surface area (Å²) in [4.78, 5) is 0. The minimum atomic E-state index is 1.27. The van der Waals surface area contributed by atoms with Crippen molar-refractivity contribution in [2.24, 2.45) is 0 Å². The molecule has 0 saturated carbocycles. The molecule has 0 atom stereocenters. The Bertz CT molecular complexity index is 3780. The van der Waals surface area contributed by atoms with Crippen LogP contribution in [-0.4, -0.2) is 0 Å². The summed E-state index contributed by atoms with van der Waals surface area (Å²) in [5.41, 5.74) is 15.7. The first-order chi connectivity index (χ1) is 28.4. The number of hydrogen-bond donors (Lipinski definition) is 0. The maximum Gasteiger partial charge on any atom is -0.000718 e. The van der Waals surface area contributed by atoms with E-state index in [4.69, 9.17) is 0 Å². The second kappa shape index (κ2) is 11.3. The molecule has 0 nitrogen and oxygen atoms in total. The Hall–Kier alpha value is -7.02. The quantitative estimate of drug-likeness (QED) is 0.123. The number of benzene rings is 12. The summed E-state index contributed by atoms with van der Waals surface area (Å²) in [7, 11) is 0. The predicted molar refractivity (Wildman–Crippen MR) is 252 cm³/mol. The highest BCUT2D eigenvalue weighted by Gasteiger charge is 2.33. The standard InChI is InChI=1S/C58H38/c1-31-20-32(2)23-40(22-31)53-49-29-47-43-15-8-7-14-42(43)45-26-37-10-5-6-11-38(37)27-46(45)48(47)30-50(49)54(41-24-33(3)21-34(4)25-41)58-51-28-39-13-9-12-35-16-17-36-18-19-44(57(53)58)56(51)55(36)52(35)39/h5-30H,1-4H3. The van der Waals surface area contributed by atoms with Crippen LogP contribution in [0.25, 0.3) is 131 Å². The minimum Gasteiger partial charge on any atom is -0.0616 e. The molecule has 58 heavy (non-hydrogen) atoms. The smallest absolute Gasteiger partial charge is 0.000718 e. The monoisotopic (exact) mass is 734 g/mol. The molecule has 270 valence electrons. The summed E-state index contributed by atoms with van der Waals surface area (Å²) in [6.45, 7) is 8.99. The van der Waals surface area contributed by atoms with Crippen LogP contribution in [0.4, 0.5) is 0 Å². The Labute approximate surface area is 336 Å². The third-order valence-electron chi connectivity index (χ3n) is 13.3. The molecule has 0 unspecified atom stereocenters. The van der Waals surface area contributed by atoms with Crippen molar-refractivity contribution in [2.75, 3.05) is 0 Å². The van der Waals surface area contributed by atoms with E-state index in [1.165, 1.54) is 153 Å². The van der Waals surface area contributed by atoms with Gasteiger partial charge < -0.3 is 0 Å². The molecular formula is C58H38. The van der Waals surface area contributed by atoms with E-state index < -0.39 is 0 Å². The van der Waals surface area contributed by atoms with Gasteiger partial charge in [-0.25, -0.2) is 0 Å². The van der Waals surface area contributed by atoms with Gasteiger partial charge in [-0.2, -0.15) is 0 Å². The molecular weight excluding hydrogens is 697 g/mol. The molecule has 0 heteroatoms. The zero-order chi connectivity index (χ0) is 38.6. The highest BCUT2D eigenvalue weighted by Crippen LogP contribution is 2.60. The topological polar surface area (TPSA) is 0 Å². The van der Waals surface area contributed by atoms with Crippen molar-refractivity contribution in [3.63, 3.8) is 0 Å². The molecule has 0 aromatic heterocycles. The van der Waals surface area contributed by atoms with Gasteiger partial charge in [-0.05, 0) is 189 Å². The lowest BCUT2D eigenvalue weighted by Gasteiger charge is -2.23. The molecule has 0 radical (unpaired) electrons. The molecule has 0 N–H and O–H groups in total. The summed E-state index contributed by atoms with van der Waals surface area (Å²) in [5, 5.41) is 21.0. The Balaban J connectivity index is 1.33. The van der Waals surface area contributed by atoms with E-state index in [0.717, 1.165) is 0 Å². The van der Waals surface area contributed by atoms with Crippen LogP contribution in [0.5, 0.6) is 0 Å². The summed E-state index contributed by atoms with van der Waals surface area (Å²) in [6.07, 6.45) is 0. The van der Waals surface area contributed by atoms with Crippen molar-refractivity contribution in [2.45, 2.75) is 27.7 Å². The van der Waals surface area contributed by atoms with Gasteiger partial charge in [0.15, 0.2) is 0 Å². The first-order valence-electron chi connectivity index (χ1n) is 20.6. The van der Waals surface area contributed by atoms with Crippen LogP contribution in [-0.2, 0) is 0 Å². The van der Waals surface area contributed by atoms with Gasteiger partial charge in [0, 0.05) is 0 Å². The molecule has 12 aromatic rings. The Morgan fingerprint density at radius 1 is 0.241 bits per heavy atom. The fourth-order valence-electron chi connectivity index (χ4n) is 11.2. The van der Waals surface area contributed by atoms with Gasteiger partial charge in [0.2, 0.25) is 0 Å². The SMILES string of the molecule is Cc1cc(C)cc(-c2c3c(c(-c4cc(C)cc(C)c4)c4cc5c6cc7ccccc7cc6c6ccccc6c5cc24)-c2cc4cccc5ccc6ccc-3c2c6c54)c1. The molecule has 0 saturated heterocycles. The fourth-order valence-corrected chi connectivity index (χ4v) is 11.2. The van der Waals surface area contributed by atoms with Gasteiger partial charge in [0.25, 0.3) is 0 Å². The second-order valence-corrected chi connectivity index (χ2v) is 17.1. The molecule has 1 aliphatic rings. The van der Waals surface area contributed by atoms with E-state index >= 15 is 0 Å². The van der Waals surface area contributed by atoms with E-state index in [-0.39, 0.29) is 0 Å².